The number of phenols is 1. The van der Waals surface area contributed by atoms with Gasteiger partial charge < -0.3 is 14.6 Å². The molecule has 0 spiro atoms. The number of carbonyl (C=O) groups excluding carboxylic acids is 1. The monoisotopic (exact) mass is 262 g/mol. The minimum Gasteiger partial charge on any atom is -0.507 e. The van der Waals surface area contributed by atoms with Gasteiger partial charge in [-0.3, -0.25) is 0 Å². The molecule has 19 heavy (non-hydrogen) atoms. The predicted molar refractivity (Wildman–Crippen MR) is 72.1 cm³/mol. The van der Waals surface area contributed by atoms with Gasteiger partial charge in [-0.15, -0.1) is 0 Å². The molecule has 1 unspecified atom stereocenters. The van der Waals surface area contributed by atoms with Crippen molar-refractivity contribution in [2.45, 2.75) is 25.4 Å². The van der Waals surface area contributed by atoms with E-state index in [2.05, 4.69) is 6.58 Å². The van der Waals surface area contributed by atoms with Crippen LogP contribution in [0.25, 0.3) is 6.08 Å². The number of phenolic OH excluding ortho intramolecular Hbond substituents is 1. The molecule has 0 amide bonds. The third-order valence-electron chi connectivity index (χ3n) is 3.50. The molecule has 1 fully saturated rings. The van der Waals surface area contributed by atoms with E-state index in [1.807, 2.05) is 6.92 Å². The lowest BCUT2D eigenvalue weighted by Crippen LogP contribution is -2.35. The predicted octanol–water partition coefficient (Wildman–Crippen LogP) is 2.76. The summed E-state index contributed by atoms with van der Waals surface area (Å²) >= 11 is 0. The van der Waals surface area contributed by atoms with Gasteiger partial charge in [-0.1, -0.05) is 25.6 Å². The van der Waals surface area contributed by atoms with Gasteiger partial charge in [0.05, 0.1) is 13.2 Å². The molecule has 4 heteroatoms. The maximum atomic E-state index is 12.2. The average Bonchev–Trinajstić information content (AvgIpc) is 2.88. The van der Waals surface area contributed by atoms with Gasteiger partial charge in [-0.05, 0) is 24.1 Å². The van der Waals surface area contributed by atoms with Crippen molar-refractivity contribution in [2.75, 3.05) is 13.2 Å². The molecule has 1 aliphatic heterocycles. The van der Waals surface area contributed by atoms with Crippen LogP contribution in [0.5, 0.6) is 5.75 Å². The van der Waals surface area contributed by atoms with E-state index in [1.165, 1.54) is 6.07 Å². The van der Waals surface area contributed by atoms with Crippen LogP contribution in [0.4, 0.5) is 0 Å². The highest BCUT2D eigenvalue weighted by atomic mass is 16.6. The molecule has 0 aromatic heterocycles. The van der Waals surface area contributed by atoms with Crippen LogP contribution in [-0.2, 0) is 9.47 Å². The van der Waals surface area contributed by atoms with Gasteiger partial charge in [0.2, 0.25) is 0 Å². The fraction of sp³-hybridized carbons (Fsp3) is 0.400. The lowest BCUT2D eigenvalue weighted by molar-refractivity contribution is -0.0247. The fourth-order valence-electron chi connectivity index (χ4n) is 2.12. The molecule has 1 aromatic carbocycles. The molecule has 4 nitrogen and oxygen atoms in total. The zero-order chi connectivity index (χ0) is 13.9. The first-order chi connectivity index (χ1) is 9.10. The number of hydrogen-bond donors (Lipinski definition) is 1. The van der Waals surface area contributed by atoms with E-state index >= 15 is 0 Å². The summed E-state index contributed by atoms with van der Waals surface area (Å²) in [6.07, 6.45) is 3.00. The standard InChI is InChI=1S/C15H18O4/c1-3-11-5-6-13(16)12(9-11)14(17)19-15(4-2)7-8-18-10-15/h3,5-6,9,16H,1,4,7-8,10H2,2H3. The number of aromatic hydroxyl groups is 1. The molecule has 1 heterocycles. The Bertz CT molecular complexity index is 487. The summed E-state index contributed by atoms with van der Waals surface area (Å²) in [5.74, 6) is -0.602. The summed E-state index contributed by atoms with van der Waals surface area (Å²) in [7, 11) is 0. The lowest BCUT2D eigenvalue weighted by atomic mass is 9.99. The van der Waals surface area contributed by atoms with Crippen molar-refractivity contribution in [3.8, 4) is 5.75 Å². The van der Waals surface area contributed by atoms with Crippen LogP contribution in [0.1, 0.15) is 35.7 Å². The first-order valence-electron chi connectivity index (χ1n) is 6.37. The number of hydrogen-bond acceptors (Lipinski definition) is 4. The lowest BCUT2D eigenvalue weighted by Gasteiger charge is -2.26. The smallest absolute Gasteiger partial charge is 0.342 e. The van der Waals surface area contributed by atoms with Crippen molar-refractivity contribution in [1.82, 2.24) is 0 Å². The SMILES string of the molecule is C=Cc1ccc(O)c(C(=O)OC2(CC)CCOC2)c1. The van der Waals surface area contributed by atoms with Gasteiger partial charge in [0.1, 0.15) is 16.9 Å². The summed E-state index contributed by atoms with van der Waals surface area (Å²) in [5.41, 5.74) is 0.364. The van der Waals surface area contributed by atoms with Gasteiger partial charge in [-0.2, -0.15) is 0 Å². The zero-order valence-electron chi connectivity index (χ0n) is 11.0. The number of carbonyl (C=O) groups is 1. The van der Waals surface area contributed by atoms with Crippen LogP contribution in [0.2, 0.25) is 0 Å². The van der Waals surface area contributed by atoms with E-state index in [0.717, 1.165) is 5.56 Å². The van der Waals surface area contributed by atoms with Gasteiger partial charge in [-0.25, -0.2) is 4.79 Å². The molecular weight excluding hydrogens is 244 g/mol. The number of ether oxygens (including phenoxy) is 2. The molecule has 0 aliphatic carbocycles. The number of benzene rings is 1. The molecular formula is C15H18O4. The molecule has 1 atom stereocenters. The van der Waals surface area contributed by atoms with Crippen LogP contribution in [0.3, 0.4) is 0 Å². The van der Waals surface area contributed by atoms with Crippen molar-refractivity contribution in [3.05, 3.63) is 35.9 Å². The molecule has 1 aromatic rings. The second kappa shape index (κ2) is 5.45. The van der Waals surface area contributed by atoms with Crippen LogP contribution in [-0.4, -0.2) is 29.9 Å². The van der Waals surface area contributed by atoms with Crippen molar-refractivity contribution in [3.63, 3.8) is 0 Å². The van der Waals surface area contributed by atoms with Crippen molar-refractivity contribution < 1.29 is 19.4 Å². The van der Waals surface area contributed by atoms with E-state index in [-0.39, 0.29) is 11.3 Å². The maximum absolute atomic E-state index is 12.2. The molecule has 2 rings (SSSR count). The minimum atomic E-state index is -0.562. The Labute approximate surface area is 112 Å². The molecule has 0 bridgehead atoms. The highest BCUT2D eigenvalue weighted by molar-refractivity contribution is 5.93. The van der Waals surface area contributed by atoms with E-state index in [4.69, 9.17) is 9.47 Å². The molecule has 102 valence electrons. The molecule has 0 saturated carbocycles. The van der Waals surface area contributed by atoms with E-state index < -0.39 is 11.6 Å². The molecule has 1 saturated heterocycles. The Kier molecular flexibility index (Phi) is 3.90. The van der Waals surface area contributed by atoms with Crippen LogP contribution < -0.4 is 0 Å². The van der Waals surface area contributed by atoms with Gasteiger partial charge in [0, 0.05) is 6.42 Å². The Morgan fingerprint density at radius 2 is 2.42 bits per heavy atom. The summed E-state index contributed by atoms with van der Waals surface area (Å²) in [6.45, 7) is 6.61. The highest BCUT2D eigenvalue weighted by Gasteiger charge is 2.37. The first kappa shape index (κ1) is 13.6. The third-order valence-corrected chi connectivity index (χ3v) is 3.50. The number of rotatable bonds is 4. The van der Waals surface area contributed by atoms with Gasteiger partial charge >= 0.3 is 5.97 Å². The second-order valence-electron chi connectivity index (χ2n) is 4.71. The van der Waals surface area contributed by atoms with Crippen LogP contribution >= 0.6 is 0 Å². The number of esters is 1. The molecule has 0 radical (unpaired) electrons. The first-order valence-corrected chi connectivity index (χ1v) is 6.37. The highest BCUT2D eigenvalue weighted by Crippen LogP contribution is 2.30. The maximum Gasteiger partial charge on any atom is 0.342 e. The fourth-order valence-corrected chi connectivity index (χ4v) is 2.12. The average molecular weight is 262 g/mol. The second-order valence-corrected chi connectivity index (χ2v) is 4.71. The zero-order valence-corrected chi connectivity index (χ0v) is 11.0. The summed E-state index contributed by atoms with van der Waals surface area (Å²) < 4.78 is 10.9. The van der Waals surface area contributed by atoms with Crippen LogP contribution in [0, 0.1) is 0 Å². The largest absolute Gasteiger partial charge is 0.507 e. The van der Waals surface area contributed by atoms with Crippen LogP contribution in [0.15, 0.2) is 24.8 Å². The normalized spacial score (nSPS) is 22.2. The topological polar surface area (TPSA) is 55.8 Å². The summed E-state index contributed by atoms with van der Waals surface area (Å²) in [5, 5.41) is 9.77. The minimum absolute atomic E-state index is 0.0826. The van der Waals surface area contributed by atoms with E-state index in [1.54, 1.807) is 18.2 Å². The van der Waals surface area contributed by atoms with Crippen molar-refractivity contribution >= 4 is 12.0 Å². The van der Waals surface area contributed by atoms with Crippen molar-refractivity contribution in [2.24, 2.45) is 0 Å². The Morgan fingerprint density at radius 1 is 1.63 bits per heavy atom. The van der Waals surface area contributed by atoms with E-state index in [9.17, 15) is 9.90 Å². The summed E-state index contributed by atoms with van der Waals surface area (Å²) in [4.78, 5) is 12.2. The Hall–Kier alpha value is -1.81. The summed E-state index contributed by atoms with van der Waals surface area (Å²) in [6, 6.07) is 4.73. The Balaban J connectivity index is 2.22. The van der Waals surface area contributed by atoms with Gasteiger partial charge in [0.15, 0.2) is 0 Å². The van der Waals surface area contributed by atoms with E-state index in [0.29, 0.717) is 26.1 Å². The third kappa shape index (κ3) is 2.79. The molecule has 1 aliphatic rings. The van der Waals surface area contributed by atoms with Gasteiger partial charge in [0.25, 0.3) is 0 Å². The quantitative estimate of drug-likeness (QED) is 0.848. The Morgan fingerprint density at radius 3 is 3.00 bits per heavy atom. The molecule has 1 N–H and O–H groups in total. The van der Waals surface area contributed by atoms with Crippen molar-refractivity contribution in [1.29, 1.82) is 0 Å².